The Labute approximate surface area is 99.0 Å². The number of pyridine rings is 1. The summed E-state index contributed by atoms with van der Waals surface area (Å²) in [6.45, 7) is 0.496. The van der Waals surface area contributed by atoms with Crippen LogP contribution in [0.4, 0.5) is 5.82 Å². The van der Waals surface area contributed by atoms with Gasteiger partial charge >= 0.3 is 0 Å². The second-order valence-corrected chi connectivity index (χ2v) is 3.38. The van der Waals surface area contributed by atoms with Gasteiger partial charge in [0.15, 0.2) is 12.1 Å². The highest BCUT2D eigenvalue weighted by Crippen LogP contribution is 2.15. The van der Waals surface area contributed by atoms with Crippen molar-refractivity contribution in [3.63, 3.8) is 0 Å². The van der Waals surface area contributed by atoms with E-state index in [-0.39, 0.29) is 6.29 Å². The van der Waals surface area contributed by atoms with Crippen molar-refractivity contribution in [2.75, 3.05) is 26.1 Å². The molecule has 0 saturated heterocycles. The minimum atomic E-state index is -0.316. The first-order valence-electron chi connectivity index (χ1n) is 5.20. The number of hydrogen-bond acceptors (Lipinski definition) is 6. The molecule has 2 aromatic rings. The highest BCUT2D eigenvalue weighted by atomic mass is 16.7. The van der Waals surface area contributed by atoms with Gasteiger partial charge in [-0.1, -0.05) is 0 Å². The van der Waals surface area contributed by atoms with Gasteiger partial charge in [-0.15, -0.1) is 0 Å². The number of ether oxygens (including phenoxy) is 2. The largest absolute Gasteiger partial charge is 0.363 e. The van der Waals surface area contributed by atoms with E-state index in [2.05, 4.69) is 20.3 Å². The van der Waals surface area contributed by atoms with Crippen LogP contribution in [-0.2, 0) is 9.47 Å². The maximum atomic E-state index is 5.08. The Balaban J connectivity index is 2.18. The van der Waals surface area contributed by atoms with Crippen LogP contribution >= 0.6 is 0 Å². The fourth-order valence-corrected chi connectivity index (χ4v) is 1.47. The van der Waals surface area contributed by atoms with Crippen LogP contribution in [0, 0.1) is 0 Å². The molecule has 0 unspecified atom stereocenters. The Kier molecular flexibility index (Phi) is 3.79. The molecule has 0 fully saturated rings. The lowest BCUT2D eigenvalue weighted by atomic mass is 10.3. The SMILES string of the molecule is COC(CNc1ncnc2cccnc12)OC. The molecule has 1 N–H and O–H groups in total. The molecule has 0 bridgehead atoms. The second-order valence-electron chi connectivity index (χ2n) is 3.38. The number of aromatic nitrogens is 3. The van der Waals surface area contributed by atoms with E-state index < -0.39 is 0 Å². The van der Waals surface area contributed by atoms with Crippen LogP contribution in [0.2, 0.25) is 0 Å². The molecule has 0 saturated carbocycles. The maximum Gasteiger partial charge on any atom is 0.173 e. The molecule has 6 nitrogen and oxygen atoms in total. The molecule has 2 rings (SSSR count). The second kappa shape index (κ2) is 5.51. The van der Waals surface area contributed by atoms with Gasteiger partial charge in [0.05, 0.1) is 12.1 Å². The smallest absolute Gasteiger partial charge is 0.173 e. The standard InChI is InChI=1S/C11H14N4O2/c1-16-9(17-2)6-13-11-10-8(14-7-15-11)4-3-5-12-10/h3-5,7,9H,6H2,1-2H3,(H,13,14,15). The lowest BCUT2D eigenvalue weighted by Gasteiger charge is -2.14. The summed E-state index contributed by atoms with van der Waals surface area (Å²) in [5.74, 6) is 0.676. The summed E-state index contributed by atoms with van der Waals surface area (Å²) in [7, 11) is 3.18. The summed E-state index contributed by atoms with van der Waals surface area (Å²) in [6.07, 6.45) is 2.89. The van der Waals surface area contributed by atoms with Crippen LogP contribution < -0.4 is 5.32 Å². The number of nitrogens with one attached hydrogen (secondary N) is 1. The molecular weight excluding hydrogens is 220 g/mol. The van der Waals surface area contributed by atoms with E-state index in [0.717, 1.165) is 11.0 Å². The van der Waals surface area contributed by atoms with Crippen LogP contribution in [0.3, 0.4) is 0 Å². The van der Waals surface area contributed by atoms with Crippen molar-refractivity contribution in [1.29, 1.82) is 0 Å². The number of nitrogens with zero attached hydrogens (tertiary/aromatic N) is 3. The van der Waals surface area contributed by atoms with E-state index in [4.69, 9.17) is 9.47 Å². The van der Waals surface area contributed by atoms with Crippen LogP contribution in [0.25, 0.3) is 11.0 Å². The Hall–Kier alpha value is -1.79. The zero-order valence-corrected chi connectivity index (χ0v) is 9.75. The molecule has 0 amide bonds. The van der Waals surface area contributed by atoms with E-state index in [0.29, 0.717) is 12.4 Å². The Bertz CT molecular complexity index is 482. The fraction of sp³-hybridized carbons (Fsp3) is 0.364. The van der Waals surface area contributed by atoms with E-state index in [1.165, 1.54) is 6.33 Å². The summed E-state index contributed by atoms with van der Waals surface area (Å²) in [5.41, 5.74) is 1.54. The zero-order chi connectivity index (χ0) is 12.1. The average molecular weight is 234 g/mol. The quantitative estimate of drug-likeness (QED) is 0.780. The van der Waals surface area contributed by atoms with Gasteiger partial charge in [-0.3, -0.25) is 4.98 Å². The number of methoxy groups -OCH3 is 2. The third-order valence-electron chi connectivity index (χ3n) is 2.36. The number of fused-ring (bicyclic) bond motifs is 1. The third kappa shape index (κ3) is 2.66. The fourth-order valence-electron chi connectivity index (χ4n) is 1.47. The van der Waals surface area contributed by atoms with Crippen LogP contribution in [-0.4, -0.2) is 42.0 Å². The van der Waals surface area contributed by atoms with Crippen molar-refractivity contribution in [3.8, 4) is 0 Å². The molecule has 2 aromatic heterocycles. The Morgan fingerprint density at radius 1 is 1.24 bits per heavy atom. The van der Waals surface area contributed by atoms with Crippen molar-refractivity contribution in [1.82, 2.24) is 15.0 Å². The highest BCUT2D eigenvalue weighted by Gasteiger charge is 2.08. The van der Waals surface area contributed by atoms with E-state index >= 15 is 0 Å². The van der Waals surface area contributed by atoms with Gasteiger partial charge in [0.25, 0.3) is 0 Å². The topological polar surface area (TPSA) is 69.2 Å². The Morgan fingerprint density at radius 3 is 2.82 bits per heavy atom. The summed E-state index contributed by atoms with van der Waals surface area (Å²) in [5, 5.41) is 3.13. The van der Waals surface area contributed by atoms with Gasteiger partial charge in [-0.25, -0.2) is 9.97 Å². The van der Waals surface area contributed by atoms with Crippen LogP contribution in [0.5, 0.6) is 0 Å². The van der Waals surface area contributed by atoms with Gasteiger partial charge in [-0.2, -0.15) is 0 Å². The minimum Gasteiger partial charge on any atom is -0.363 e. The molecule has 6 heteroatoms. The van der Waals surface area contributed by atoms with Gasteiger partial charge < -0.3 is 14.8 Å². The molecule has 0 aliphatic carbocycles. The lowest BCUT2D eigenvalue weighted by molar-refractivity contribution is -0.0914. The highest BCUT2D eigenvalue weighted by molar-refractivity contribution is 5.84. The van der Waals surface area contributed by atoms with E-state index in [9.17, 15) is 0 Å². The summed E-state index contributed by atoms with van der Waals surface area (Å²) in [6, 6.07) is 3.73. The molecule has 0 aromatic carbocycles. The summed E-state index contributed by atoms with van der Waals surface area (Å²) < 4.78 is 10.2. The predicted octanol–water partition coefficient (Wildman–Crippen LogP) is 1.06. The molecule has 2 heterocycles. The first-order valence-corrected chi connectivity index (χ1v) is 5.20. The number of hydrogen-bond donors (Lipinski definition) is 1. The van der Waals surface area contributed by atoms with Gasteiger partial charge in [0, 0.05) is 20.4 Å². The minimum absolute atomic E-state index is 0.316. The average Bonchev–Trinajstić information content (AvgIpc) is 2.40. The summed E-state index contributed by atoms with van der Waals surface area (Å²) >= 11 is 0. The monoisotopic (exact) mass is 234 g/mol. The Morgan fingerprint density at radius 2 is 2.06 bits per heavy atom. The van der Waals surface area contributed by atoms with Crippen molar-refractivity contribution in [3.05, 3.63) is 24.7 Å². The summed E-state index contributed by atoms with van der Waals surface area (Å²) in [4.78, 5) is 12.5. The van der Waals surface area contributed by atoms with E-state index in [1.54, 1.807) is 20.4 Å². The maximum absolute atomic E-state index is 5.08. The van der Waals surface area contributed by atoms with Crippen molar-refractivity contribution < 1.29 is 9.47 Å². The van der Waals surface area contributed by atoms with Gasteiger partial charge in [0.2, 0.25) is 0 Å². The first-order chi connectivity index (χ1) is 8.35. The molecule has 0 atom stereocenters. The van der Waals surface area contributed by atoms with Crippen molar-refractivity contribution in [2.24, 2.45) is 0 Å². The van der Waals surface area contributed by atoms with E-state index in [1.807, 2.05) is 12.1 Å². The molecule has 0 spiro atoms. The number of rotatable bonds is 5. The molecule has 17 heavy (non-hydrogen) atoms. The van der Waals surface area contributed by atoms with Crippen LogP contribution in [0.15, 0.2) is 24.7 Å². The van der Waals surface area contributed by atoms with Gasteiger partial charge in [-0.05, 0) is 12.1 Å². The number of anilines is 1. The molecule has 0 aliphatic heterocycles. The third-order valence-corrected chi connectivity index (χ3v) is 2.36. The zero-order valence-electron chi connectivity index (χ0n) is 9.75. The molecule has 0 aliphatic rings. The molecule has 0 radical (unpaired) electrons. The normalized spacial score (nSPS) is 11.0. The van der Waals surface area contributed by atoms with Crippen molar-refractivity contribution in [2.45, 2.75) is 6.29 Å². The lowest BCUT2D eigenvalue weighted by Crippen LogP contribution is -2.24. The molecule has 90 valence electrons. The van der Waals surface area contributed by atoms with Gasteiger partial charge in [0.1, 0.15) is 11.8 Å². The predicted molar refractivity (Wildman–Crippen MR) is 63.6 cm³/mol. The van der Waals surface area contributed by atoms with Crippen LogP contribution in [0.1, 0.15) is 0 Å². The van der Waals surface area contributed by atoms with Crippen molar-refractivity contribution >= 4 is 16.9 Å². The first kappa shape index (κ1) is 11.7. The molecular formula is C11H14N4O2.